The fourth-order valence-electron chi connectivity index (χ4n) is 1.81. The minimum atomic E-state index is -0.116. The molecule has 0 radical (unpaired) electrons. The molecule has 2 heterocycles. The summed E-state index contributed by atoms with van der Waals surface area (Å²) in [7, 11) is 3.51. The van der Waals surface area contributed by atoms with E-state index in [4.69, 9.17) is 5.26 Å². The minimum Gasteiger partial charge on any atom is -0.339 e. The monoisotopic (exact) mass is 247 g/mol. The quantitative estimate of drug-likeness (QED) is 0.763. The molecule has 17 heavy (non-hydrogen) atoms. The van der Waals surface area contributed by atoms with Gasteiger partial charge in [0.2, 0.25) is 0 Å². The van der Waals surface area contributed by atoms with Crippen molar-refractivity contribution in [1.29, 1.82) is 5.26 Å². The van der Waals surface area contributed by atoms with E-state index in [1.807, 2.05) is 30.7 Å². The van der Waals surface area contributed by atoms with Crippen LogP contribution in [0.3, 0.4) is 0 Å². The molecule has 0 aliphatic carbocycles. The molecule has 2 rings (SSSR count). The molecule has 4 nitrogen and oxygen atoms in total. The molecule has 0 saturated heterocycles. The van der Waals surface area contributed by atoms with E-state index in [1.54, 1.807) is 18.4 Å². The summed E-state index contributed by atoms with van der Waals surface area (Å²) in [5.74, 6) is -0.116. The van der Waals surface area contributed by atoms with Gasteiger partial charge in [0.15, 0.2) is 0 Å². The summed E-state index contributed by atoms with van der Waals surface area (Å²) < 4.78 is 2.99. The van der Waals surface area contributed by atoms with Gasteiger partial charge in [-0.05, 0) is 19.1 Å². The largest absolute Gasteiger partial charge is 0.339 e. The van der Waals surface area contributed by atoms with Crippen LogP contribution in [0.2, 0.25) is 0 Å². The number of fused-ring (bicyclic) bond motifs is 1. The van der Waals surface area contributed by atoms with Crippen LogP contribution in [-0.4, -0.2) is 29.0 Å². The number of hydrogen-bond donors (Lipinski definition) is 0. The Balaban J connectivity index is 2.43. The Morgan fingerprint density at radius 1 is 1.59 bits per heavy atom. The third-order valence-electron chi connectivity index (χ3n) is 2.73. The van der Waals surface area contributed by atoms with Gasteiger partial charge in [-0.3, -0.25) is 4.79 Å². The van der Waals surface area contributed by atoms with Crippen LogP contribution in [0.1, 0.15) is 15.4 Å². The molecule has 0 spiro atoms. The summed E-state index contributed by atoms with van der Waals surface area (Å²) >= 11 is 1.67. The highest BCUT2D eigenvalue weighted by atomic mass is 32.1. The third kappa shape index (κ3) is 1.92. The molecule has 0 N–H and O–H groups in total. The van der Waals surface area contributed by atoms with Crippen LogP contribution < -0.4 is 0 Å². The van der Waals surface area contributed by atoms with Gasteiger partial charge in [-0.15, -0.1) is 11.3 Å². The zero-order valence-electron chi connectivity index (χ0n) is 10.0. The van der Waals surface area contributed by atoms with Crippen molar-refractivity contribution in [2.24, 2.45) is 7.05 Å². The lowest BCUT2D eigenvalue weighted by atomic mass is 10.3. The van der Waals surface area contributed by atoms with E-state index in [1.165, 1.54) is 9.78 Å². The number of nitriles is 1. The number of thiophene rings is 1. The number of aromatic nitrogens is 1. The zero-order valence-corrected chi connectivity index (χ0v) is 10.8. The number of carbonyl (C=O) groups is 1. The van der Waals surface area contributed by atoms with Crippen LogP contribution >= 0.6 is 11.3 Å². The Hall–Kier alpha value is -1.80. The summed E-state index contributed by atoms with van der Waals surface area (Å²) in [6.45, 7) is 2.16. The SMILES string of the molecule is Cc1cc2c(cc(C(=O)N(C)CC#N)n2C)s1. The first kappa shape index (κ1) is 11.7. The molecular weight excluding hydrogens is 234 g/mol. The number of amides is 1. The average molecular weight is 247 g/mol. The Labute approximate surface area is 104 Å². The van der Waals surface area contributed by atoms with Crippen molar-refractivity contribution >= 4 is 27.5 Å². The van der Waals surface area contributed by atoms with E-state index in [2.05, 4.69) is 6.07 Å². The predicted molar refractivity (Wildman–Crippen MR) is 68.1 cm³/mol. The Morgan fingerprint density at radius 2 is 2.29 bits per heavy atom. The Morgan fingerprint density at radius 3 is 2.88 bits per heavy atom. The van der Waals surface area contributed by atoms with Gasteiger partial charge in [-0.25, -0.2) is 0 Å². The topological polar surface area (TPSA) is 49.0 Å². The fraction of sp³-hybridized carbons (Fsp3) is 0.333. The lowest BCUT2D eigenvalue weighted by Gasteiger charge is -2.13. The summed E-state index contributed by atoms with van der Waals surface area (Å²) in [5, 5.41) is 8.59. The molecule has 0 bridgehead atoms. The van der Waals surface area contributed by atoms with Gasteiger partial charge in [-0.2, -0.15) is 5.26 Å². The first-order valence-electron chi connectivity index (χ1n) is 5.23. The maximum atomic E-state index is 12.1. The molecule has 88 valence electrons. The van der Waals surface area contributed by atoms with E-state index in [0.29, 0.717) is 5.69 Å². The highest BCUT2D eigenvalue weighted by molar-refractivity contribution is 7.19. The second-order valence-electron chi connectivity index (χ2n) is 4.01. The molecule has 5 heteroatoms. The average Bonchev–Trinajstić information content (AvgIpc) is 2.77. The maximum Gasteiger partial charge on any atom is 0.271 e. The molecule has 2 aromatic rings. The normalized spacial score (nSPS) is 10.5. The van der Waals surface area contributed by atoms with Gasteiger partial charge in [0.1, 0.15) is 12.2 Å². The maximum absolute atomic E-state index is 12.1. The van der Waals surface area contributed by atoms with Crippen LogP contribution in [-0.2, 0) is 7.05 Å². The molecule has 0 fully saturated rings. The van der Waals surface area contributed by atoms with Crippen molar-refractivity contribution in [2.75, 3.05) is 13.6 Å². The molecule has 0 atom stereocenters. The van der Waals surface area contributed by atoms with Crippen LogP contribution in [0.4, 0.5) is 0 Å². The Kier molecular flexibility index (Phi) is 2.90. The Bertz CT molecular complexity index is 617. The number of aryl methyl sites for hydroxylation is 2. The summed E-state index contributed by atoms with van der Waals surface area (Å²) in [4.78, 5) is 14.7. The van der Waals surface area contributed by atoms with Crippen molar-refractivity contribution < 1.29 is 4.79 Å². The zero-order chi connectivity index (χ0) is 12.6. The van der Waals surface area contributed by atoms with Gasteiger partial charge in [0, 0.05) is 19.0 Å². The predicted octanol–water partition coefficient (Wildman–Crippen LogP) is 2.14. The molecule has 2 aromatic heterocycles. The van der Waals surface area contributed by atoms with Crippen molar-refractivity contribution in [3.8, 4) is 6.07 Å². The number of carbonyl (C=O) groups excluding carboxylic acids is 1. The molecule has 0 saturated carbocycles. The van der Waals surface area contributed by atoms with E-state index in [0.717, 1.165) is 10.2 Å². The van der Waals surface area contributed by atoms with Gasteiger partial charge in [0.05, 0.1) is 16.3 Å². The van der Waals surface area contributed by atoms with Crippen LogP contribution in [0, 0.1) is 18.3 Å². The summed E-state index contributed by atoms with van der Waals surface area (Å²) in [6.07, 6.45) is 0. The fourth-order valence-corrected chi connectivity index (χ4v) is 2.80. The molecular formula is C12H13N3OS. The summed E-state index contributed by atoms with van der Waals surface area (Å²) in [5.41, 5.74) is 1.70. The van der Waals surface area contributed by atoms with E-state index < -0.39 is 0 Å². The van der Waals surface area contributed by atoms with Crippen LogP contribution in [0.5, 0.6) is 0 Å². The highest BCUT2D eigenvalue weighted by Gasteiger charge is 2.17. The van der Waals surface area contributed by atoms with Gasteiger partial charge in [-0.1, -0.05) is 0 Å². The number of rotatable bonds is 2. The molecule has 0 aromatic carbocycles. The standard InChI is InChI=1S/C12H13N3OS/c1-8-6-9-11(17-8)7-10(15(9)3)12(16)14(2)5-4-13/h6-7H,5H2,1-3H3. The summed E-state index contributed by atoms with van der Waals surface area (Å²) in [6, 6.07) is 5.94. The number of nitrogens with zero attached hydrogens (tertiary/aromatic N) is 3. The van der Waals surface area contributed by atoms with Gasteiger partial charge < -0.3 is 9.47 Å². The van der Waals surface area contributed by atoms with Crippen molar-refractivity contribution in [3.05, 3.63) is 22.7 Å². The first-order valence-corrected chi connectivity index (χ1v) is 6.04. The smallest absolute Gasteiger partial charge is 0.271 e. The van der Waals surface area contributed by atoms with Crippen molar-refractivity contribution in [2.45, 2.75) is 6.92 Å². The molecule has 0 unspecified atom stereocenters. The van der Waals surface area contributed by atoms with Crippen LogP contribution in [0.15, 0.2) is 12.1 Å². The molecule has 0 aliphatic heterocycles. The van der Waals surface area contributed by atoms with E-state index in [-0.39, 0.29) is 12.5 Å². The highest BCUT2D eigenvalue weighted by Crippen LogP contribution is 2.28. The second-order valence-corrected chi connectivity index (χ2v) is 5.30. The lowest BCUT2D eigenvalue weighted by molar-refractivity contribution is 0.0803. The van der Waals surface area contributed by atoms with E-state index in [9.17, 15) is 4.79 Å². The number of hydrogen-bond acceptors (Lipinski definition) is 3. The lowest BCUT2D eigenvalue weighted by Crippen LogP contribution is -2.28. The second kappa shape index (κ2) is 4.22. The minimum absolute atomic E-state index is 0.108. The van der Waals surface area contributed by atoms with Gasteiger partial charge in [0.25, 0.3) is 5.91 Å². The van der Waals surface area contributed by atoms with Gasteiger partial charge >= 0.3 is 0 Å². The van der Waals surface area contributed by atoms with Crippen LogP contribution in [0.25, 0.3) is 10.2 Å². The first-order chi connectivity index (χ1) is 8.04. The third-order valence-corrected chi connectivity index (χ3v) is 3.71. The van der Waals surface area contributed by atoms with Crippen molar-refractivity contribution in [1.82, 2.24) is 9.47 Å². The van der Waals surface area contributed by atoms with Crippen molar-refractivity contribution in [3.63, 3.8) is 0 Å². The van der Waals surface area contributed by atoms with E-state index >= 15 is 0 Å². The molecule has 0 aliphatic rings. The molecule has 1 amide bonds.